The van der Waals surface area contributed by atoms with Gasteiger partial charge in [0, 0.05) is 9.40 Å². The summed E-state index contributed by atoms with van der Waals surface area (Å²) in [5, 5.41) is 2.13. The molecule has 3 rings (SSSR count). The highest BCUT2D eigenvalue weighted by Gasteiger charge is 2.18. The van der Waals surface area contributed by atoms with Crippen LogP contribution in [0, 0.1) is 13.8 Å². The molecule has 6 heteroatoms. The number of ketones is 2. The summed E-state index contributed by atoms with van der Waals surface area (Å²) >= 11 is 14.3. The van der Waals surface area contributed by atoms with E-state index in [4.69, 9.17) is 23.2 Å². The molecule has 0 N–H and O–H groups in total. The van der Waals surface area contributed by atoms with Gasteiger partial charge in [-0.25, -0.2) is 0 Å². The smallest absolute Gasteiger partial charge is 0.187 e. The average Bonchev–Trinajstić information content (AvgIpc) is 3.16. The van der Waals surface area contributed by atoms with Crippen LogP contribution in [-0.2, 0) is 0 Å². The number of carbonyl (C=O) groups excluding carboxylic acids is 2. The van der Waals surface area contributed by atoms with Crippen LogP contribution in [0.5, 0.6) is 0 Å². The Kier molecular flexibility index (Phi) is 4.29. The Morgan fingerprint density at radius 1 is 0.864 bits per heavy atom. The minimum atomic E-state index is -0.0528. The van der Waals surface area contributed by atoms with Crippen LogP contribution in [0.1, 0.15) is 30.5 Å². The number of Topliss-reactive ketones (excluding diaryl/α,β-unsaturated/α-hetero) is 2. The molecule has 0 aliphatic rings. The van der Waals surface area contributed by atoms with Crippen molar-refractivity contribution in [2.75, 3.05) is 11.8 Å². The lowest BCUT2D eigenvalue weighted by atomic mass is 10.0. The number of hydrogen-bond acceptors (Lipinski definition) is 4. The third-order valence-corrected chi connectivity index (χ3v) is 6.82. The first-order valence-electron chi connectivity index (χ1n) is 6.62. The summed E-state index contributed by atoms with van der Waals surface area (Å²) in [6.07, 6.45) is 0. The maximum absolute atomic E-state index is 11.8. The van der Waals surface area contributed by atoms with E-state index < -0.39 is 0 Å². The van der Waals surface area contributed by atoms with Crippen LogP contribution >= 0.6 is 45.9 Å². The zero-order chi connectivity index (χ0) is 16.0. The highest BCUT2D eigenvalue weighted by Crippen LogP contribution is 2.41. The maximum Gasteiger partial charge on any atom is 0.187 e. The lowest BCUT2D eigenvalue weighted by Gasteiger charge is -2.03. The van der Waals surface area contributed by atoms with Crippen LogP contribution in [0.25, 0.3) is 20.2 Å². The van der Waals surface area contributed by atoms with Crippen molar-refractivity contribution in [3.8, 4) is 0 Å². The SMILES string of the molecule is Cc1c2cc(C(=O)CCl)sc2c(C)c2cc(C(=O)CCl)sc12. The van der Waals surface area contributed by atoms with E-state index in [1.165, 1.54) is 22.7 Å². The van der Waals surface area contributed by atoms with Crippen molar-refractivity contribution in [1.29, 1.82) is 0 Å². The van der Waals surface area contributed by atoms with Gasteiger partial charge in [0.15, 0.2) is 11.6 Å². The summed E-state index contributed by atoms with van der Waals surface area (Å²) in [6.45, 7) is 4.05. The number of halogens is 2. The molecule has 0 aliphatic heterocycles. The zero-order valence-electron chi connectivity index (χ0n) is 12.0. The van der Waals surface area contributed by atoms with Gasteiger partial charge in [0.2, 0.25) is 0 Å². The van der Waals surface area contributed by atoms with Crippen molar-refractivity contribution in [2.24, 2.45) is 0 Å². The van der Waals surface area contributed by atoms with Crippen LogP contribution in [-0.4, -0.2) is 23.3 Å². The van der Waals surface area contributed by atoms with E-state index in [0.717, 1.165) is 31.3 Å². The van der Waals surface area contributed by atoms with Crippen LogP contribution < -0.4 is 0 Å². The number of rotatable bonds is 4. The van der Waals surface area contributed by atoms with Crippen molar-refractivity contribution in [2.45, 2.75) is 13.8 Å². The summed E-state index contributed by atoms with van der Waals surface area (Å²) < 4.78 is 2.17. The minimum Gasteiger partial charge on any atom is -0.292 e. The van der Waals surface area contributed by atoms with Crippen molar-refractivity contribution < 1.29 is 9.59 Å². The number of aryl methyl sites for hydroxylation is 2. The fourth-order valence-corrected chi connectivity index (χ4v) is 5.33. The molecule has 0 bridgehead atoms. The number of carbonyl (C=O) groups is 2. The van der Waals surface area contributed by atoms with E-state index >= 15 is 0 Å². The number of hydrogen-bond donors (Lipinski definition) is 0. The molecule has 0 saturated heterocycles. The monoisotopic (exact) mass is 370 g/mol. The second-order valence-electron chi connectivity index (χ2n) is 5.07. The fourth-order valence-electron chi connectivity index (χ4n) is 2.55. The summed E-state index contributed by atoms with van der Waals surface area (Å²) in [7, 11) is 0. The second kappa shape index (κ2) is 5.93. The van der Waals surface area contributed by atoms with Crippen molar-refractivity contribution >= 4 is 77.6 Å². The van der Waals surface area contributed by atoms with Gasteiger partial charge in [-0.2, -0.15) is 0 Å². The topological polar surface area (TPSA) is 34.1 Å². The quantitative estimate of drug-likeness (QED) is 0.443. The van der Waals surface area contributed by atoms with Gasteiger partial charge in [-0.05, 0) is 47.9 Å². The van der Waals surface area contributed by atoms with Crippen LogP contribution in [0.4, 0.5) is 0 Å². The van der Waals surface area contributed by atoms with Gasteiger partial charge >= 0.3 is 0 Å². The molecule has 2 heterocycles. The first-order chi connectivity index (χ1) is 10.5. The number of benzene rings is 1. The molecular formula is C16H12Cl2O2S2. The molecule has 0 fully saturated rings. The van der Waals surface area contributed by atoms with Crippen LogP contribution in [0.3, 0.4) is 0 Å². The lowest BCUT2D eigenvalue weighted by molar-refractivity contribution is 0.101. The third kappa shape index (κ3) is 2.38. The second-order valence-corrected chi connectivity index (χ2v) is 7.71. The van der Waals surface area contributed by atoms with E-state index in [1.807, 2.05) is 26.0 Å². The molecule has 114 valence electrons. The van der Waals surface area contributed by atoms with Gasteiger partial charge in [0.05, 0.1) is 21.5 Å². The molecule has 2 nitrogen and oxygen atoms in total. The molecule has 22 heavy (non-hydrogen) atoms. The average molecular weight is 371 g/mol. The molecule has 0 saturated carbocycles. The molecule has 1 aromatic carbocycles. The van der Waals surface area contributed by atoms with Gasteiger partial charge in [-0.15, -0.1) is 45.9 Å². The normalized spacial score (nSPS) is 11.5. The standard InChI is InChI=1S/C16H12Cl2O2S2/c1-7-9-3-13(11(19)5-17)22-16(9)8(2)10-4-14(12(20)6-18)21-15(7)10/h3-4H,5-6H2,1-2H3. The molecule has 2 aromatic heterocycles. The predicted octanol–water partition coefficient (Wildman–Crippen LogP) is 5.58. The van der Waals surface area contributed by atoms with Crippen molar-refractivity contribution in [3.05, 3.63) is 33.0 Å². The van der Waals surface area contributed by atoms with Crippen molar-refractivity contribution in [1.82, 2.24) is 0 Å². The Hall–Kier alpha value is -0.940. The molecule has 0 unspecified atom stereocenters. The first kappa shape index (κ1) is 15.9. The highest BCUT2D eigenvalue weighted by molar-refractivity contribution is 7.23. The maximum atomic E-state index is 11.8. The lowest BCUT2D eigenvalue weighted by Crippen LogP contribution is -1.95. The van der Waals surface area contributed by atoms with E-state index in [2.05, 4.69) is 0 Å². The Morgan fingerprint density at radius 3 is 1.55 bits per heavy atom. The number of thiophene rings is 2. The third-order valence-electron chi connectivity index (χ3n) is 3.75. The molecule has 0 atom stereocenters. The molecule has 0 aliphatic carbocycles. The molecular weight excluding hydrogens is 359 g/mol. The zero-order valence-corrected chi connectivity index (χ0v) is 15.1. The highest BCUT2D eigenvalue weighted by atomic mass is 35.5. The van der Waals surface area contributed by atoms with Crippen molar-refractivity contribution in [3.63, 3.8) is 0 Å². The van der Waals surface area contributed by atoms with Gasteiger partial charge in [-0.1, -0.05) is 0 Å². The van der Waals surface area contributed by atoms with Gasteiger partial charge in [0.25, 0.3) is 0 Å². The largest absolute Gasteiger partial charge is 0.292 e. The Bertz CT molecular complexity index is 793. The summed E-state index contributed by atoms with van der Waals surface area (Å²) in [5.74, 6) is -0.118. The predicted molar refractivity (Wildman–Crippen MR) is 96.8 cm³/mol. The molecule has 0 spiro atoms. The minimum absolute atomic E-state index is 0.00629. The first-order valence-corrected chi connectivity index (χ1v) is 9.32. The van der Waals surface area contributed by atoms with Crippen LogP contribution in [0.2, 0.25) is 0 Å². The molecule has 0 radical (unpaired) electrons. The number of fused-ring (bicyclic) bond motifs is 2. The van der Waals surface area contributed by atoms with Gasteiger partial charge < -0.3 is 0 Å². The molecule has 0 amide bonds. The summed E-state index contributed by atoms with van der Waals surface area (Å²) in [6, 6.07) is 3.82. The van der Waals surface area contributed by atoms with Gasteiger partial charge in [0.1, 0.15) is 0 Å². The van der Waals surface area contributed by atoms with E-state index in [0.29, 0.717) is 9.75 Å². The number of alkyl halides is 2. The summed E-state index contributed by atoms with van der Waals surface area (Å²) in [4.78, 5) is 25.1. The van der Waals surface area contributed by atoms with E-state index in [1.54, 1.807) is 0 Å². The Morgan fingerprint density at radius 2 is 1.23 bits per heavy atom. The molecule has 3 aromatic rings. The summed E-state index contributed by atoms with van der Waals surface area (Å²) in [5.41, 5.74) is 2.19. The van der Waals surface area contributed by atoms with Gasteiger partial charge in [-0.3, -0.25) is 9.59 Å². The Labute approximate surface area is 145 Å². The van der Waals surface area contributed by atoms with E-state index in [-0.39, 0.29) is 23.3 Å². The van der Waals surface area contributed by atoms with Crippen LogP contribution in [0.15, 0.2) is 12.1 Å². The Balaban J connectivity index is 2.33. The van der Waals surface area contributed by atoms with E-state index in [9.17, 15) is 9.59 Å². The fraction of sp³-hybridized carbons (Fsp3) is 0.250.